The average Bonchev–Trinajstić information content (AvgIpc) is 2.34. The minimum absolute atomic E-state index is 0.311. The van der Waals surface area contributed by atoms with Gasteiger partial charge in [0.1, 0.15) is 5.82 Å². The highest BCUT2D eigenvalue weighted by molar-refractivity contribution is 6.39. The molecule has 0 heterocycles. The van der Waals surface area contributed by atoms with E-state index in [-0.39, 0.29) is 0 Å². The van der Waals surface area contributed by atoms with Crippen LogP contribution < -0.4 is 10.6 Å². The van der Waals surface area contributed by atoms with E-state index in [0.717, 1.165) is 12.8 Å². The van der Waals surface area contributed by atoms with E-state index in [1.807, 2.05) is 6.92 Å². The van der Waals surface area contributed by atoms with Crippen LogP contribution in [0, 0.1) is 12.7 Å². The number of unbranched alkanes of at least 4 members (excludes halogenated alkanes) is 1. The van der Waals surface area contributed by atoms with Crippen molar-refractivity contribution in [3.63, 3.8) is 0 Å². The summed E-state index contributed by atoms with van der Waals surface area (Å²) in [6, 6.07) is 4.03. The van der Waals surface area contributed by atoms with Crippen molar-refractivity contribution in [2.75, 3.05) is 11.9 Å². The monoisotopic (exact) mass is 252 g/mol. The van der Waals surface area contributed by atoms with Crippen molar-refractivity contribution in [2.24, 2.45) is 0 Å². The predicted molar refractivity (Wildman–Crippen MR) is 67.7 cm³/mol. The molecule has 0 aromatic heterocycles. The molecule has 18 heavy (non-hydrogen) atoms. The number of hydrogen-bond donors (Lipinski definition) is 2. The summed E-state index contributed by atoms with van der Waals surface area (Å²) in [5, 5.41) is 4.88. The van der Waals surface area contributed by atoms with Crippen molar-refractivity contribution in [3.05, 3.63) is 29.6 Å². The Morgan fingerprint density at radius 3 is 2.67 bits per heavy atom. The van der Waals surface area contributed by atoms with Gasteiger partial charge in [0.25, 0.3) is 0 Å². The van der Waals surface area contributed by atoms with E-state index in [1.165, 1.54) is 12.1 Å². The molecule has 0 saturated carbocycles. The Hall–Kier alpha value is -1.91. The number of halogens is 1. The fourth-order valence-corrected chi connectivity index (χ4v) is 1.37. The first-order valence-electron chi connectivity index (χ1n) is 5.90. The van der Waals surface area contributed by atoms with Gasteiger partial charge in [0.05, 0.1) is 0 Å². The van der Waals surface area contributed by atoms with E-state index in [9.17, 15) is 14.0 Å². The van der Waals surface area contributed by atoms with Crippen LogP contribution in [-0.4, -0.2) is 18.4 Å². The van der Waals surface area contributed by atoms with Crippen LogP contribution in [0.1, 0.15) is 25.3 Å². The van der Waals surface area contributed by atoms with Gasteiger partial charge in [0, 0.05) is 12.2 Å². The Balaban J connectivity index is 2.58. The molecule has 0 radical (unpaired) electrons. The number of carbonyl (C=O) groups excluding carboxylic acids is 2. The highest BCUT2D eigenvalue weighted by Crippen LogP contribution is 2.15. The van der Waals surface area contributed by atoms with Gasteiger partial charge >= 0.3 is 11.8 Å². The number of rotatable bonds is 4. The van der Waals surface area contributed by atoms with Gasteiger partial charge in [-0.05, 0) is 31.0 Å². The van der Waals surface area contributed by atoms with E-state index < -0.39 is 17.6 Å². The van der Waals surface area contributed by atoms with E-state index >= 15 is 0 Å². The topological polar surface area (TPSA) is 58.2 Å². The number of nitrogens with one attached hydrogen (secondary N) is 2. The highest BCUT2D eigenvalue weighted by atomic mass is 19.1. The zero-order valence-corrected chi connectivity index (χ0v) is 10.5. The van der Waals surface area contributed by atoms with Gasteiger partial charge in [0.15, 0.2) is 0 Å². The Morgan fingerprint density at radius 1 is 1.28 bits per heavy atom. The zero-order valence-electron chi connectivity index (χ0n) is 10.5. The standard InChI is InChI=1S/C13H17FN2O2/c1-3-4-7-15-12(17)13(18)16-11-8-10(14)6-5-9(11)2/h5-6,8H,3-4,7H2,1-2H3,(H,15,17)(H,16,18). The normalized spacial score (nSPS) is 9.94. The number of benzene rings is 1. The van der Waals surface area contributed by atoms with Crippen LogP contribution in [0.4, 0.5) is 10.1 Å². The third kappa shape index (κ3) is 4.16. The average molecular weight is 252 g/mol. The van der Waals surface area contributed by atoms with E-state index in [1.54, 1.807) is 13.0 Å². The molecule has 98 valence electrons. The van der Waals surface area contributed by atoms with Gasteiger partial charge in [-0.1, -0.05) is 19.4 Å². The van der Waals surface area contributed by atoms with Crippen molar-refractivity contribution >= 4 is 17.5 Å². The van der Waals surface area contributed by atoms with E-state index in [0.29, 0.717) is 17.8 Å². The van der Waals surface area contributed by atoms with Crippen molar-refractivity contribution in [1.29, 1.82) is 0 Å². The smallest absolute Gasteiger partial charge is 0.313 e. The Kier molecular flexibility index (Phi) is 5.30. The van der Waals surface area contributed by atoms with Gasteiger partial charge < -0.3 is 10.6 Å². The molecule has 0 saturated heterocycles. The molecule has 1 rings (SSSR count). The van der Waals surface area contributed by atoms with Crippen LogP contribution >= 0.6 is 0 Å². The fourth-order valence-electron chi connectivity index (χ4n) is 1.37. The Labute approximate surface area is 106 Å². The van der Waals surface area contributed by atoms with Crippen LogP contribution in [0.2, 0.25) is 0 Å². The number of carbonyl (C=O) groups is 2. The molecule has 0 fully saturated rings. The van der Waals surface area contributed by atoms with Gasteiger partial charge in [-0.2, -0.15) is 0 Å². The summed E-state index contributed by atoms with van der Waals surface area (Å²) in [6.07, 6.45) is 1.75. The van der Waals surface area contributed by atoms with Gasteiger partial charge in [0.2, 0.25) is 0 Å². The maximum Gasteiger partial charge on any atom is 0.313 e. The summed E-state index contributed by atoms with van der Waals surface area (Å²) in [6.45, 7) is 4.18. The molecule has 1 aromatic carbocycles. The first kappa shape index (κ1) is 14.2. The highest BCUT2D eigenvalue weighted by Gasteiger charge is 2.14. The summed E-state index contributed by atoms with van der Waals surface area (Å²) in [5.74, 6) is -1.94. The minimum Gasteiger partial charge on any atom is -0.348 e. The van der Waals surface area contributed by atoms with Gasteiger partial charge in [-0.15, -0.1) is 0 Å². The van der Waals surface area contributed by atoms with Crippen LogP contribution in [0.25, 0.3) is 0 Å². The van der Waals surface area contributed by atoms with Crippen LogP contribution in [0.3, 0.4) is 0 Å². The summed E-state index contributed by atoms with van der Waals surface area (Å²) < 4.78 is 13.0. The Bertz CT molecular complexity index is 447. The van der Waals surface area contributed by atoms with Gasteiger partial charge in [-0.3, -0.25) is 9.59 Å². The third-order valence-electron chi connectivity index (χ3n) is 2.47. The summed E-state index contributed by atoms with van der Waals surface area (Å²) in [7, 11) is 0. The zero-order chi connectivity index (χ0) is 13.5. The molecule has 0 unspecified atom stereocenters. The lowest BCUT2D eigenvalue weighted by atomic mass is 10.2. The number of anilines is 1. The quantitative estimate of drug-likeness (QED) is 0.636. The largest absolute Gasteiger partial charge is 0.348 e. The second-order valence-electron chi connectivity index (χ2n) is 4.02. The number of hydrogen-bond acceptors (Lipinski definition) is 2. The third-order valence-corrected chi connectivity index (χ3v) is 2.47. The molecule has 0 aliphatic carbocycles. The summed E-state index contributed by atoms with van der Waals surface area (Å²) >= 11 is 0. The first-order valence-corrected chi connectivity index (χ1v) is 5.90. The lowest BCUT2D eigenvalue weighted by molar-refractivity contribution is -0.136. The predicted octanol–water partition coefficient (Wildman–Crippen LogP) is 1.99. The number of aryl methyl sites for hydroxylation is 1. The van der Waals surface area contributed by atoms with E-state index in [4.69, 9.17) is 0 Å². The van der Waals surface area contributed by atoms with Gasteiger partial charge in [-0.25, -0.2) is 4.39 Å². The lowest BCUT2D eigenvalue weighted by Crippen LogP contribution is -2.36. The molecule has 5 heteroatoms. The van der Waals surface area contributed by atoms with Crippen molar-refractivity contribution in [2.45, 2.75) is 26.7 Å². The van der Waals surface area contributed by atoms with Crippen molar-refractivity contribution < 1.29 is 14.0 Å². The fraction of sp³-hybridized carbons (Fsp3) is 0.385. The maximum atomic E-state index is 13.0. The molecule has 0 atom stereocenters. The van der Waals surface area contributed by atoms with Crippen LogP contribution in [-0.2, 0) is 9.59 Å². The van der Waals surface area contributed by atoms with E-state index in [2.05, 4.69) is 10.6 Å². The van der Waals surface area contributed by atoms with Crippen molar-refractivity contribution in [3.8, 4) is 0 Å². The molecule has 0 aliphatic heterocycles. The van der Waals surface area contributed by atoms with Crippen molar-refractivity contribution in [1.82, 2.24) is 5.32 Å². The van der Waals surface area contributed by atoms with Crippen LogP contribution in [0.5, 0.6) is 0 Å². The SMILES string of the molecule is CCCCNC(=O)C(=O)Nc1cc(F)ccc1C. The second-order valence-corrected chi connectivity index (χ2v) is 4.02. The summed E-state index contributed by atoms with van der Waals surface area (Å²) in [4.78, 5) is 22.9. The minimum atomic E-state index is -0.778. The van der Waals surface area contributed by atoms with Crippen LogP contribution in [0.15, 0.2) is 18.2 Å². The molecular weight excluding hydrogens is 235 g/mol. The molecular formula is C13H17FN2O2. The molecule has 2 N–H and O–H groups in total. The first-order chi connectivity index (χ1) is 8.54. The Morgan fingerprint density at radius 2 is 2.00 bits per heavy atom. The number of amides is 2. The molecule has 0 aliphatic rings. The molecule has 1 aromatic rings. The second kappa shape index (κ2) is 6.74. The molecule has 2 amide bonds. The maximum absolute atomic E-state index is 13.0. The molecule has 0 spiro atoms. The lowest BCUT2D eigenvalue weighted by Gasteiger charge is -2.08. The summed E-state index contributed by atoms with van der Waals surface area (Å²) in [5.41, 5.74) is 1.01. The molecule has 0 bridgehead atoms. The molecule has 4 nitrogen and oxygen atoms in total.